The molecule has 0 aliphatic carbocycles. The Hall–Kier alpha value is -0.630. The Morgan fingerprint density at radius 1 is 1.69 bits per heavy atom. The van der Waals surface area contributed by atoms with E-state index in [9.17, 15) is 4.79 Å². The van der Waals surface area contributed by atoms with Gasteiger partial charge in [0.1, 0.15) is 6.10 Å². The number of rotatable bonds is 3. The van der Waals surface area contributed by atoms with Gasteiger partial charge < -0.3 is 4.74 Å². The predicted octanol–water partition coefficient (Wildman–Crippen LogP) is 2.34. The zero-order valence-electron chi connectivity index (χ0n) is 8.45. The van der Waals surface area contributed by atoms with E-state index in [2.05, 4.69) is 20.4 Å². The van der Waals surface area contributed by atoms with Gasteiger partial charge in [0, 0.05) is 6.42 Å². The molecule has 1 aliphatic rings. The Morgan fingerprint density at radius 3 is 2.92 bits per heavy atom. The quantitative estimate of drug-likeness (QED) is 0.626. The molecule has 0 aromatic heterocycles. The maximum absolute atomic E-state index is 11.4. The summed E-state index contributed by atoms with van der Waals surface area (Å²) in [4.78, 5) is 11.4. The average Bonchev–Trinajstić information content (AvgIpc) is 2.08. The highest BCUT2D eigenvalue weighted by Crippen LogP contribution is 2.23. The zero-order chi connectivity index (χ0) is 9.84. The molecule has 2 heteroatoms. The Labute approximate surface area is 80.0 Å². The van der Waals surface area contributed by atoms with Gasteiger partial charge in [-0.05, 0) is 18.8 Å². The minimum Gasteiger partial charge on any atom is -0.367 e. The van der Waals surface area contributed by atoms with Crippen LogP contribution in [0.2, 0.25) is 0 Å². The zero-order valence-corrected chi connectivity index (χ0v) is 8.45. The molecule has 1 aliphatic heterocycles. The second-order valence-electron chi connectivity index (χ2n) is 3.94. The monoisotopic (exact) mass is 182 g/mol. The number of ketones is 1. The SMILES string of the molecule is C=CC[C@@H]1O[C@@H](C(C)C)CCC1=O. The first-order valence-electron chi connectivity index (χ1n) is 4.94. The highest BCUT2D eigenvalue weighted by molar-refractivity contribution is 5.83. The van der Waals surface area contributed by atoms with E-state index in [1.165, 1.54) is 0 Å². The van der Waals surface area contributed by atoms with Crippen LogP contribution in [0.1, 0.15) is 33.1 Å². The molecule has 0 N–H and O–H groups in total. The summed E-state index contributed by atoms with van der Waals surface area (Å²) in [6.07, 6.45) is 3.99. The third kappa shape index (κ3) is 2.66. The lowest BCUT2D eigenvalue weighted by molar-refractivity contribution is -0.145. The van der Waals surface area contributed by atoms with Crippen LogP contribution in [0.25, 0.3) is 0 Å². The molecule has 0 saturated carbocycles. The summed E-state index contributed by atoms with van der Waals surface area (Å²) in [5.41, 5.74) is 0. The van der Waals surface area contributed by atoms with Crippen LogP contribution in [0.3, 0.4) is 0 Å². The highest BCUT2D eigenvalue weighted by Gasteiger charge is 2.29. The molecule has 0 unspecified atom stereocenters. The van der Waals surface area contributed by atoms with E-state index in [1.54, 1.807) is 6.08 Å². The van der Waals surface area contributed by atoms with Gasteiger partial charge in [-0.2, -0.15) is 0 Å². The Kier molecular flexibility index (Phi) is 3.67. The van der Waals surface area contributed by atoms with Crippen molar-refractivity contribution in [3.05, 3.63) is 12.7 Å². The van der Waals surface area contributed by atoms with Gasteiger partial charge >= 0.3 is 0 Å². The van der Waals surface area contributed by atoms with E-state index in [-0.39, 0.29) is 18.0 Å². The summed E-state index contributed by atoms with van der Waals surface area (Å²) in [5, 5.41) is 0. The van der Waals surface area contributed by atoms with Crippen molar-refractivity contribution >= 4 is 5.78 Å². The molecule has 0 aromatic carbocycles. The Balaban J connectivity index is 2.52. The topological polar surface area (TPSA) is 26.3 Å². The predicted molar refractivity (Wildman–Crippen MR) is 52.6 cm³/mol. The van der Waals surface area contributed by atoms with E-state index in [1.807, 2.05) is 0 Å². The molecule has 1 saturated heterocycles. The van der Waals surface area contributed by atoms with Crippen LogP contribution in [0.4, 0.5) is 0 Å². The van der Waals surface area contributed by atoms with Gasteiger partial charge in [0.2, 0.25) is 0 Å². The van der Waals surface area contributed by atoms with Gasteiger partial charge in [-0.1, -0.05) is 19.9 Å². The summed E-state index contributed by atoms with van der Waals surface area (Å²) in [6, 6.07) is 0. The Morgan fingerprint density at radius 2 is 2.38 bits per heavy atom. The fraction of sp³-hybridized carbons (Fsp3) is 0.727. The van der Waals surface area contributed by atoms with E-state index in [0.717, 1.165) is 6.42 Å². The van der Waals surface area contributed by atoms with Gasteiger partial charge in [0.05, 0.1) is 6.10 Å². The largest absolute Gasteiger partial charge is 0.367 e. The number of carbonyl (C=O) groups excluding carboxylic acids is 1. The molecule has 74 valence electrons. The number of carbonyl (C=O) groups is 1. The fourth-order valence-electron chi connectivity index (χ4n) is 1.63. The van der Waals surface area contributed by atoms with Gasteiger partial charge in [-0.25, -0.2) is 0 Å². The first-order chi connectivity index (χ1) is 6.15. The average molecular weight is 182 g/mol. The summed E-state index contributed by atoms with van der Waals surface area (Å²) in [5.74, 6) is 0.734. The van der Waals surface area contributed by atoms with Gasteiger partial charge in [0.15, 0.2) is 5.78 Å². The summed E-state index contributed by atoms with van der Waals surface area (Å²) in [6.45, 7) is 7.89. The van der Waals surface area contributed by atoms with Crippen LogP contribution >= 0.6 is 0 Å². The van der Waals surface area contributed by atoms with E-state index < -0.39 is 0 Å². The lowest BCUT2D eigenvalue weighted by Crippen LogP contribution is -2.37. The number of Topliss-reactive ketones (excluding diaryl/α,β-unsaturated/α-hetero) is 1. The molecule has 1 fully saturated rings. The van der Waals surface area contributed by atoms with E-state index in [0.29, 0.717) is 18.8 Å². The summed E-state index contributed by atoms with van der Waals surface area (Å²) >= 11 is 0. The second-order valence-corrected chi connectivity index (χ2v) is 3.94. The molecule has 0 bridgehead atoms. The first kappa shape index (κ1) is 10.5. The maximum Gasteiger partial charge on any atom is 0.161 e. The number of hydrogen-bond acceptors (Lipinski definition) is 2. The van der Waals surface area contributed by atoms with Crippen LogP contribution in [-0.2, 0) is 9.53 Å². The fourth-order valence-corrected chi connectivity index (χ4v) is 1.63. The highest BCUT2D eigenvalue weighted by atomic mass is 16.5. The van der Waals surface area contributed by atoms with Crippen molar-refractivity contribution in [2.45, 2.75) is 45.3 Å². The molecule has 0 radical (unpaired) electrons. The van der Waals surface area contributed by atoms with Crippen molar-refractivity contribution in [2.24, 2.45) is 5.92 Å². The van der Waals surface area contributed by atoms with Crippen LogP contribution in [0.5, 0.6) is 0 Å². The van der Waals surface area contributed by atoms with Gasteiger partial charge in [0.25, 0.3) is 0 Å². The molecule has 0 aromatic rings. The molecule has 0 spiro atoms. The molecule has 1 rings (SSSR count). The smallest absolute Gasteiger partial charge is 0.161 e. The standard InChI is InChI=1S/C11H18O2/c1-4-5-11-9(12)6-7-10(13-11)8(2)3/h4,8,10-11H,1,5-7H2,2-3H3/t10-,11+/m1/s1. The minimum atomic E-state index is -0.223. The number of hydrogen-bond donors (Lipinski definition) is 0. The molecule has 2 nitrogen and oxygen atoms in total. The Bertz CT molecular complexity index is 196. The van der Waals surface area contributed by atoms with Crippen LogP contribution < -0.4 is 0 Å². The molecule has 0 amide bonds. The van der Waals surface area contributed by atoms with Crippen molar-refractivity contribution < 1.29 is 9.53 Å². The molecular formula is C11H18O2. The summed E-state index contributed by atoms with van der Waals surface area (Å²) < 4.78 is 5.68. The van der Waals surface area contributed by atoms with Crippen LogP contribution in [-0.4, -0.2) is 18.0 Å². The second kappa shape index (κ2) is 4.56. The third-order valence-corrected chi connectivity index (χ3v) is 2.50. The first-order valence-corrected chi connectivity index (χ1v) is 4.94. The molecule has 13 heavy (non-hydrogen) atoms. The molecule has 1 heterocycles. The van der Waals surface area contributed by atoms with E-state index >= 15 is 0 Å². The lowest BCUT2D eigenvalue weighted by atomic mass is 9.94. The van der Waals surface area contributed by atoms with Crippen LogP contribution in [0, 0.1) is 5.92 Å². The molecular weight excluding hydrogens is 164 g/mol. The summed E-state index contributed by atoms with van der Waals surface area (Å²) in [7, 11) is 0. The number of ether oxygens (including phenoxy) is 1. The minimum absolute atomic E-state index is 0.223. The van der Waals surface area contributed by atoms with Crippen molar-refractivity contribution in [3.63, 3.8) is 0 Å². The van der Waals surface area contributed by atoms with Crippen molar-refractivity contribution in [3.8, 4) is 0 Å². The van der Waals surface area contributed by atoms with Gasteiger partial charge in [-0.3, -0.25) is 4.79 Å². The molecule has 2 atom stereocenters. The normalized spacial score (nSPS) is 29.3. The third-order valence-electron chi connectivity index (χ3n) is 2.50. The van der Waals surface area contributed by atoms with Crippen molar-refractivity contribution in [1.29, 1.82) is 0 Å². The van der Waals surface area contributed by atoms with E-state index in [4.69, 9.17) is 4.74 Å². The van der Waals surface area contributed by atoms with Gasteiger partial charge in [-0.15, -0.1) is 6.58 Å². The van der Waals surface area contributed by atoms with Crippen LogP contribution in [0.15, 0.2) is 12.7 Å². The lowest BCUT2D eigenvalue weighted by Gasteiger charge is -2.30. The maximum atomic E-state index is 11.4. The van der Waals surface area contributed by atoms with Crippen molar-refractivity contribution in [2.75, 3.05) is 0 Å². The van der Waals surface area contributed by atoms with Crippen molar-refractivity contribution in [1.82, 2.24) is 0 Å².